The minimum absolute atomic E-state index is 0.0302. The molecule has 0 saturated heterocycles. The van der Waals surface area contributed by atoms with Gasteiger partial charge in [0.15, 0.2) is 0 Å². The maximum absolute atomic E-state index is 12.3. The molecule has 4 nitrogen and oxygen atoms in total. The van der Waals surface area contributed by atoms with Crippen LogP contribution < -0.4 is 10.5 Å². The standard InChI is InChI=1S/C13H13ClN2O2S/c1-9-4-2-3-5-12(9)16-19(17,18)13-8-10(15)6-7-11(13)14/h2-8,16H,15H2,1H3. The van der Waals surface area contributed by atoms with Crippen molar-refractivity contribution in [1.82, 2.24) is 0 Å². The van der Waals surface area contributed by atoms with Crippen molar-refractivity contribution < 1.29 is 8.42 Å². The molecular weight excluding hydrogens is 284 g/mol. The second kappa shape index (κ2) is 5.11. The van der Waals surface area contributed by atoms with Gasteiger partial charge in [-0.05, 0) is 36.8 Å². The Hall–Kier alpha value is -1.72. The molecule has 0 aliphatic rings. The number of nitrogens with two attached hydrogens (primary N) is 1. The topological polar surface area (TPSA) is 72.2 Å². The van der Waals surface area contributed by atoms with Crippen molar-refractivity contribution in [2.75, 3.05) is 10.5 Å². The first kappa shape index (κ1) is 13.7. The number of sulfonamides is 1. The molecule has 2 rings (SSSR count). The van der Waals surface area contributed by atoms with E-state index < -0.39 is 10.0 Å². The normalized spacial score (nSPS) is 11.3. The highest BCUT2D eigenvalue weighted by molar-refractivity contribution is 7.92. The summed E-state index contributed by atoms with van der Waals surface area (Å²) in [5.74, 6) is 0. The molecular formula is C13H13ClN2O2S. The summed E-state index contributed by atoms with van der Waals surface area (Å²) < 4.78 is 27.1. The van der Waals surface area contributed by atoms with E-state index in [2.05, 4.69) is 4.72 Å². The van der Waals surface area contributed by atoms with Gasteiger partial charge in [-0.15, -0.1) is 0 Å². The maximum Gasteiger partial charge on any atom is 0.263 e. The van der Waals surface area contributed by atoms with Crippen molar-refractivity contribution in [3.8, 4) is 0 Å². The van der Waals surface area contributed by atoms with Crippen LogP contribution in [0.15, 0.2) is 47.4 Å². The fraction of sp³-hybridized carbons (Fsp3) is 0.0769. The van der Waals surface area contributed by atoms with Crippen LogP contribution in [0.2, 0.25) is 5.02 Å². The lowest BCUT2D eigenvalue weighted by molar-refractivity contribution is 0.601. The molecule has 0 saturated carbocycles. The maximum atomic E-state index is 12.3. The number of anilines is 2. The van der Waals surface area contributed by atoms with Gasteiger partial charge in [0.2, 0.25) is 0 Å². The van der Waals surface area contributed by atoms with E-state index >= 15 is 0 Å². The van der Waals surface area contributed by atoms with E-state index in [9.17, 15) is 8.42 Å². The van der Waals surface area contributed by atoms with Gasteiger partial charge in [0.1, 0.15) is 4.90 Å². The number of nitrogen functional groups attached to an aromatic ring is 1. The molecule has 19 heavy (non-hydrogen) atoms. The average molecular weight is 297 g/mol. The average Bonchev–Trinajstić information content (AvgIpc) is 2.35. The van der Waals surface area contributed by atoms with E-state index in [1.807, 2.05) is 19.1 Å². The van der Waals surface area contributed by atoms with Gasteiger partial charge >= 0.3 is 0 Å². The van der Waals surface area contributed by atoms with E-state index in [1.165, 1.54) is 12.1 Å². The fourth-order valence-electron chi connectivity index (χ4n) is 1.61. The summed E-state index contributed by atoms with van der Waals surface area (Å²) in [5.41, 5.74) is 7.28. The van der Waals surface area contributed by atoms with Crippen molar-refractivity contribution in [2.45, 2.75) is 11.8 Å². The fourth-order valence-corrected chi connectivity index (χ4v) is 3.28. The molecule has 0 aliphatic heterocycles. The number of aryl methyl sites for hydroxylation is 1. The Morgan fingerprint density at radius 3 is 2.53 bits per heavy atom. The van der Waals surface area contributed by atoms with Gasteiger partial charge in [0, 0.05) is 5.69 Å². The Balaban J connectivity index is 2.44. The minimum Gasteiger partial charge on any atom is -0.399 e. The first-order valence-corrected chi connectivity index (χ1v) is 7.40. The van der Waals surface area contributed by atoms with E-state index in [4.69, 9.17) is 17.3 Å². The Labute approximate surface area is 117 Å². The van der Waals surface area contributed by atoms with Crippen LogP contribution in [0.3, 0.4) is 0 Å². The molecule has 0 spiro atoms. The quantitative estimate of drug-likeness (QED) is 0.855. The molecule has 2 aromatic rings. The first-order chi connectivity index (χ1) is 8.90. The summed E-state index contributed by atoms with van der Waals surface area (Å²) in [4.78, 5) is -0.0302. The molecule has 0 radical (unpaired) electrons. The summed E-state index contributed by atoms with van der Waals surface area (Å²) in [6.07, 6.45) is 0. The monoisotopic (exact) mass is 296 g/mol. The van der Waals surface area contributed by atoms with Crippen molar-refractivity contribution in [2.24, 2.45) is 0 Å². The number of halogens is 1. The lowest BCUT2D eigenvalue weighted by Crippen LogP contribution is -2.14. The largest absolute Gasteiger partial charge is 0.399 e. The Bertz CT molecular complexity index is 714. The molecule has 0 amide bonds. The van der Waals surface area contributed by atoms with E-state index in [1.54, 1.807) is 18.2 Å². The highest BCUT2D eigenvalue weighted by Gasteiger charge is 2.18. The Morgan fingerprint density at radius 1 is 1.16 bits per heavy atom. The molecule has 100 valence electrons. The molecule has 0 atom stereocenters. The van der Waals surface area contributed by atoms with Crippen molar-refractivity contribution in [3.63, 3.8) is 0 Å². The number of hydrogen-bond donors (Lipinski definition) is 2. The highest BCUT2D eigenvalue weighted by Crippen LogP contribution is 2.26. The SMILES string of the molecule is Cc1ccccc1NS(=O)(=O)c1cc(N)ccc1Cl. The lowest BCUT2D eigenvalue weighted by Gasteiger charge is -2.11. The molecule has 0 heterocycles. The molecule has 0 aromatic heterocycles. The highest BCUT2D eigenvalue weighted by atomic mass is 35.5. The Morgan fingerprint density at radius 2 is 1.84 bits per heavy atom. The van der Waals surface area contributed by atoms with Crippen LogP contribution in [-0.4, -0.2) is 8.42 Å². The summed E-state index contributed by atoms with van der Waals surface area (Å²) in [5, 5.41) is 0.135. The first-order valence-electron chi connectivity index (χ1n) is 5.53. The van der Waals surface area contributed by atoms with Gasteiger partial charge in [0.05, 0.1) is 10.7 Å². The van der Waals surface area contributed by atoms with E-state index in [0.29, 0.717) is 11.4 Å². The smallest absolute Gasteiger partial charge is 0.263 e. The van der Waals surface area contributed by atoms with Gasteiger partial charge in [-0.3, -0.25) is 4.72 Å². The number of nitrogens with one attached hydrogen (secondary N) is 1. The third kappa shape index (κ3) is 3.00. The number of rotatable bonds is 3. The lowest BCUT2D eigenvalue weighted by atomic mass is 10.2. The second-order valence-electron chi connectivity index (χ2n) is 4.11. The number of para-hydroxylation sites is 1. The summed E-state index contributed by atoms with van der Waals surface area (Å²) >= 11 is 5.91. The zero-order valence-corrected chi connectivity index (χ0v) is 11.8. The zero-order valence-electron chi connectivity index (χ0n) is 10.2. The zero-order chi connectivity index (χ0) is 14.0. The van der Waals surface area contributed by atoms with E-state index in [0.717, 1.165) is 5.56 Å². The van der Waals surface area contributed by atoms with Gasteiger partial charge in [-0.25, -0.2) is 8.42 Å². The molecule has 0 fully saturated rings. The Kier molecular flexibility index (Phi) is 3.68. The van der Waals surface area contributed by atoms with Gasteiger partial charge in [0.25, 0.3) is 10.0 Å². The predicted octanol–water partition coefficient (Wildman–Crippen LogP) is 3.03. The van der Waals surface area contributed by atoms with Crippen LogP contribution in [-0.2, 0) is 10.0 Å². The van der Waals surface area contributed by atoms with Crippen LogP contribution in [0.25, 0.3) is 0 Å². The third-order valence-electron chi connectivity index (χ3n) is 2.63. The minimum atomic E-state index is -3.75. The molecule has 6 heteroatoms. The van der Waals surface area contributed by atoms with Gasteiger partial charge in [-0.1, -0.05) is 29.8 Å². The van der Waals surface area contributed by atoms with Crippen molar-refractivity contribution >= 4 is 33.0 Å². The van der Waals surface area contributed by atoms with Crippen LogP contribution in [0, 0.1) is 6.92 Å². The molecule has 0 aliphatic carbocycles. The van der Waals surface area contributed by atoms with Crippen LogP contribution >= 0.6 is 11.6 Å². The predicted molar refractivity (Wildman–Crippen MR) is 77.9 cm³/mol. The summed E-state index contributed by atoms with van der Waals surface area (Å²) in [6.45, 7) is 1.82. The van der Waals surface area contributed by atoms with Gasteiger partial charge < -0.3 is 5.73 Å². The summed E-state index contributed by atoms with van der Waals surface area (Å²) in [6, 6.07) is 11.4. The number of hydrogen-bond acceptors (Lipinski definition) is 3. The van der Waals surface area contributed by atoms with E-state index in [-0.39, 0.29) is 9.92 Å². The molecule has 3 N–H and O–H groups in total. The molecule has 2 aromatic carbocycles. The molecule has 0 bridgehead atoms. The van der Waals surface area contributed by atoms with Crippen LogP contribution in [0.1, 0.15) is 5.56 Å². The van der Waals surface area contributed by atoms with Crippen molar-refractivity contribution in [3.05, 3.63) is 53.1 Å². The second-order valence-corrected chi connectivity index (χ2v) is 6.17. The summed E-state index contributed by atoms with van der Waals surface area (Å²) in [7, 11) is -3.75. The van der Waals surface area contributed by atoms with Crippen LogP contribution in [0.4, 0.5) is 11.4 Å². The molecule has 0 unspecified atom stereocenters. The van der Waals surface area contributed by atoms with Crippen molar-refractivity contribution in [1.29, 1.82) is 0 Å². The number of benzene rings is 2. The third-order valence-corrected chi connectivity index (χ3v) is 4.48. The van der Waals surface area contributed by atoms with Crippen LogP contribution in [0.5, 0.6) is 0 Å². The van der Waals surface area contributed by atoms with Gasteiger partial charge in [-0.2, -0.15) is 0 Å².